The van der Waals surface area contributed by atoms with Gasteiger partial charge in [0.15, 0.2) is 0 Å². The summed E-state index contributed by atoms with van der Waals surface area (Å²) in [6, 6.07) is 5.21. The Hall–Kier alpha value is -1.40. The van der Waals surface area contributed by atoms with Crippen molar-refractivity contribution in [2.24, 2.45) is 5.92 Å². The number of sulfonamides is 1. The van der Waals surface area contributed by atoms with Gasteiger partial charge in [0.25, 0.3) is 0 Å². The van der Waals surface area contributed by atoms with E-state index in [0.717, 1.165) is 36.9 Å². The van der Waals surface area contributed by atoms with Gasteiger partial charge in [0.1, 0.15) is 0 Å². The fraction of sp³-hybridized carbons (Fsp3) is 0.588. The molecule has 0 bridgehead atoms. The van der Waals surface area contributed by atoms with E-state index in [0.29, 0.717) is 13.0 Å². The van der Waals surface area contributed by atoms with Crippen molar-refractivity contribution in [2.45, 2.75) is 56.9 Å². The molecule has 0 saturated heterocycles. The number of hydrogen-bond donors (Lipinski definition) is 1. The summed E-state index contributed by atoms with van der Waals surface area (Å²) in [5.41, 5.74) is 1.83. The van der Waals surface area contributed by atoms with Gasteiger partial charge in [-0.3, -0.25) is 4.79 Å². The molecule has 2 aliphatic rings. The highest BCUT2D eigenvalue weighted by molar-refractivity contribution is 7.89. The maximum Gasteiger partial charge on any atom is 0.240 e. The Morgan fingerprint density at radius 2 is 2.09 bits per heavy atom. The maximum absolute atomic E-state index is 12.6. The van der Waals surface area contributed by atoms with Gasteiger partial charge in [0.05, 0.1) is 4.90 Å². The smallest absolute Gasteiger partial charge is 0.240 e. The van der Waals surface area contributed by atoms with Gasteiger partial charge in [-0.15, -0.1) is 0 Å². The van der Waals surface area contributed by atoms with Crippen LogP contribution in [0.15, 0.2) is 23.1 Å². The Balaban J connectivity index is 1.87. The Morgan fingerprint density at radius 1 is 1.35 bits per heavy atom. The van der Waals surface area contributed by atoms with Crippen molar-refractivity contribution in [2.75, 3.05) is 11.4 Å². The minimum Gasteiger partial charge on any atom is -0.309 e. The van der Waals surface area contributed by atoms with E-state index in [1.54, 1.807) is 18.2 Å². The number of benzene rings is 1. The van der Waals surface area contributed by atoms with Gasteiger partial charge in [-0.25, -0.2) is 13.1 Å². The highest BCUT2D eigenvalue weighted by atomic mass is 32.2. The minimum atomic E-state index is -3.46. The molecule has 1 aromatic carbocycles. The van der Waals surface area contributed by atoms with Crippen molar-refractivity contribution in [1.82, 2.24) is 4.72 Å². The quantitative estimate of drug-likeness (QED) is 0.898. The summed E-state index contributed by atoms with van der Waals surface area (Å²) < 4.78 is 27.1. The van der Waals surface area contributed by atoms with Crippen LogP contribution in [0.4, 0.5) is 5.69 Å². The molecule has 1 saturated carbocycles. The predicted octanol–water partition coefficient (Wildman–Crippen LogP) is 2.45. The molecule has 1 unspecified atom stereocenters. The van der Waals surface area contributed by atoms with E-state index < -0.39 is 10.0 Å². The molecule has 5 nitrogen and oxygen atoms in total. The van der Waals surface area contributed by atoms with E-state index in [9.17, 15) is 13.2 Å². The summed E-state index contributed by atoms with van der Waals surface area (Å²) >= 11 is 0. The van der Waals surface area contributed by atoms with Crippen molar-refractivity contribution in [3.05, 3.63) is 23.8 Å². The summed E-state index contributed by atoms with van der Waals surface area (Å²) in [6.07, 6.45) is 4.55. The fourth-order valence-corrected chi connectivity index (χ4v) is 4.47. The van der Waals surface area contributed by atoms with E-state index in [4.69, 9.17) is 0 Å². The lowest BCUT2D eigenvalue weighted by atomic mass is 9.84. The van der Waals surface area contributed by atoms with E-state index in [2.05, 4.69) is 4.72 Å². The monoisotopic (exact) mass is 336 g/mol. The van der Waals surface area contributed by atoms with Crippen LogP contribution in [0.3, 0.4) is 0 Å². The minimum absolute atomic E-state index is 0.0969. The van der Waals surface area contributed by atoms with Crippen LogP contribution in [0, 0.1) is 5.92 Å². The summed E-state index contributed by atoms with van der Waals surface area (Å²) in [5.74, 6) is 0.347. The normalized spacial score (nSPS) is 21.1. The topological polar surface area (TPSA) is 66.5 Å². The molecule has 1 aromatic rings. The average Bonchev–Trinajstić information content (AvgIpc) is 2.78. The Labute approximate surface area is 138 Å². The number of fused-ring (bicyclic) bond motifs is 1. The average molecular weight is 336 g/mol. The van der Waals surface area contributed by atoms with Crippen LogP contribution in [-0.4, -0.2) is 26.9 Å². The number of nitrogens with zero attached hydrogens (tertiary/aromatic N) is 1. The first-order chi connectivity index (χ1) is 10.9. The molecule has 0 aromatic heterocycles. The molecule has 0 spiro atoms. The van der Waals surface area contributed by atoms with Crippen LogP contribution in [0.1, 0.15) is 45.1 Å². The van der Waals surface area contributed by atoms with Crippen LogP contribution in [-0.2, 0) is 21.2 Å². The Kier molecular flexibility index (Phi) is 4.47. The molecule has 1 N–H and O–H groups in total. The van der Waals surface area contributed by atoms with Gasteiger partial charge < -0.3 is 4.90 Å². The zero-order chi connectivity index (χ0) is 16.6. The van der Waals surface area contributed by atoms with Crippen molar-refractivity contribution in [1.29, 1.82) is 0 Å². The summed E-state index contributed by atoms with van der Waals surface area (Å²) in [4.78, 5) is 14.8. The molecule has 1 atom stereocenters. The molecular formula is C17H24N2O3S. The van der Waals surface area contributed by atoms with Gasteiger partial charge in [-0.2, -0.15) is 0 Å². The number of nitrogens with one attached hydrogen (secondary N) is 1. The second-order valence-electron chi connectivity index (χ2n) is 6.58. The fourth-order valence-electron chi connectivity index (χ4n) is 3.28. The van der Waals surface area contributed by atoms with Gasteiger partial charge in [0, 0.05) is 24.2 Å². The van der Waals surface area contributed by atoms with Crippen molar-refractivity contribution in [3.63, 3.8) is 0 Å². The zero-order valence-corrected chi connectivity index (χ0v) is 14.5. The van der Waals surface area contributed by atoms with E-state index >= 15 is 0 Å². The van der Waals surface area contributed by atoms with Gasteiger partial charge in [-0.1, -0.05) is 13.3 Å². The first-order valence-corrected chi connectivity index (χ1v) is 9.88. The Bertz CT molecular complexity index is 711. The largest absolute Gasteiger partial charge is 0.309 e. The molecular weight excluding hydrogens is 312 g/mol. The zero-order valence-electron chi connectivity index (χ0n) is 13.7. The van der Waals surface area contributed by atoms with Crippen LogP contribution in [0.2, 0.25) is 0 Å². The molecule has 0 radical (unpaired) electrons. The molecule has 3 rings (SSSR count). The predicted molar refractivity (Wildman–Crippen MR) is 89.9 cm³/mol. The van der Waals surface area contributed by atoms with Crippen molar-refractivity contribution < 1.29 is 13.2 Å². The molecule has 1 amide bonds. The number of amides is 1. The lowest BCUT2D eigenvalue weighted by Gasteiger charge is -2.32. The van der Waals surface area contributed by atoms with Crippen molar-refractivity contribution >= 4 is 21.6 Å². The standard InChI is InChI=1S/C17H24N2O3S/c1-3-9-18-23(21,22)15-7-8-16-14(11-15)10-12(2)19(16)17(20)13-5-4-6-13/h7-8,11-13,18H,3-6,9-10H2,1-2H3. The lowest BCUT2D eigenvalue weighted by Crippen LogP contribution is -2.42. The van der Waals surface area contributed by atoms with E-state index in [-0.39, 0.29) is 22.8 Å². The van der Waals surface area contributed by atoms with Crippen LogP contribution < -0.4 is 9.62 Å². The van der Waals surface area contributed by atoms with Crippen LogP contribution >= 0.6 is 0 Å². The third kappa shape index (κ3) is 3.02. The highest BCUT2D eigenvalue weighted by Gasteiger charge is 2.37. The first-order valence-electron chi connectivity index (χ1n) is 8.39. The number of carbonyl (C=O) groups is 1. The van der Waals surface area contributed by atoms with Crippen LogP contribution in [0.5, 0.6) is 0 Å². The maximum atomic E-state index is 12.6. The molecule has 1 aliphatic heterocycles. The molecule has 23 heavy (non-hydrogen) atoms. The molecule has 1 fully saturated rings. The SMILES string of the molecule is CCCNS(=O)(=O)c1ccc2c(c1)CC(C)N2C(=O)C1CCC1. The lowest BCUT2D eigenvalue weighted by molar-refractivity contribution is -0.125. The Morgan fingerprint density at radius 3 is 2.70 bits per heavy atom. The van der Waals surface area contributed by atoms with Crippen LogP contribution in [0.25, 0.3) is 0 Å². The second-order valence-corrected chi connectivity index (χ2v) is 8.34. The number of carbonyl (C=O) groups excluding carboxylic acids is 1. The number of hydrogen-bond acceptors (Lipinski definition) is 3. The molecule has 1 aliphatic carbocycles. The molecule has 1 heterocycles. The van der Waals surface area contributed by atoms with Gasteiger partial charge in [-0.05, 0) is 56.4 Å². The molecule has 126 valence electrons. The highest BCUT2D eigenvalue weighted by Crippen LogP contribution is 2.38. The summed E-state index contributed by atoms with van der Waals surface area (Å²) in [6.45, 7) is 4.39. The first kappa shape index (κ1) is 16.5. The van der Waals surface area contributed by atoms with Gasteiger partial charge >= 0.3 is 0 Å². The van der Waals surface area contributed by atoms with Crippen molar-refractivity contribution in [3.8, 4) is 0 Å². The number of rotatable bonds is 5. The second kappa shape index (κ2) is 6.24. The number of anilines is 1. The van der Waals surface area contributed by atoms with E-state index in [1.165, 1.54) is 0 Å². The third-order valence-electron chi connectivity index (χ3n) is 4.81. The van der Waals surface area contributed by atoms with Gasteiger partial charge in [0.2, 0.25) is 15.9 Å². The third-order valence-corrected chi connectivity index (χ3v) is 6.27. The summed E-state index contributed by atoms with van der Waals surface area (Å²) in [5, 5.41) is 0. The van der Waals surface area contributed by atoms with E-state index in [1.807, 2.05) is 18.7 Å². The summed E-state index contributed by atoms with van der Waals surface area (Å²) in [7, 11) is -3.46. The molecule has 6 heteroatoms.